The van der Waals surface area contributed by atoms with E-state index in [2.05, 4.69) is 10.2 Å². The van der Waals surface area contributed by atoms with Crippen molar-refractivity contribution >= 4 is 12.0 Å². The maximum absolute atomic E-state index is 12.0. The number of nitrogens with one attached hydrogen (secondary N) is 1. The van der Waals surface area contributed by atoms with E-state index in [0.29, 0.717) is 19.0 Å². The zero-order chi connectivity index (χ0) is 15.2. The van der Waals surface area contributed by atoms with Crippen molar-refractivity contribution in [2.75, 3.05) is 39.3 Å². The van der Waals surface area contributed by atoms with E-state index in [4.69, 9.17) is 10.2 Å². The predicted octanol–water partition coefficient (Wildman–Crippen LogP) is -0.0507. The molecular weight excluding hydrogens is 274 g/mol. The fourth-order valence-electron chi connectivity index (χ4n) is 3.07. The maximum atomic E-state index is 12.0. The second-order valence-electron chi connectivity index (χ2n) is 5.96. The van der Waals surface area contributed by atoms with Gasteiger partial charge in [-0.25, -0.2) is 9.59 Å². The molecule has 0 radical (unpaired) electrons. The fraction of sp³-hybridized carbons (Fsp3) is 0.857. The Balaban J connectivity index is 1.72. The lowest BCUT2D eigenvalue weighted by Crippen LogP contribution is -2.51. The lowest BCUT2D eigenvalue weighted by molar-refractivity contribution is -0.140. The van der Waals surface area contributed by atoms with Gasteiger partial charge in [-0.15, -0.1) is 0 Å². The predicted molar refractivity (Wildman–Crippen MR) is 77.0 cm³/mol. The average Bonchev–Trinajstić information content (AvgIpc) is 2.98. The van der Waals surface area contributed by atoms with Crippen LogP contribution in [0.3, 0.4) is 0 Å². The van der Waals surface area contributed by atoms with Crippen molar-refractivity contribution in [3.8, 4) is 0 Å². The van der Waals surface area contributed by atoms with E-state index >= 15 is 0 Å². The molecule has 2 aliphatic rings. The molecule has 0 aromatic carbocycles. The summed E-state index contributed by atoms with van der Waals surface area (Å²) in [4.78, 5) is 26.9. The van der Waals surface area contributed by atoms with Gasteiger partial charge in [0.1, 0.15) is 0 Å². The smallest absolute Gasteiger partial charge is 0.328 e. The SMILES string of the molecule is O=C(O)C(CO)NC(=O)N1CCC(CN2CCCC2)CC1. The molecule has 1 atom stereocenters. The zero-order valence-electron chi connectivity index (χ0n) is 12.3. The van der Waals surface area contributed by atoms with Crippen LogP contribution in [0.2, 0.25) is 0 Å². The summed E-state index contributed by atoms with van der Waals surface area (Å²) < 4.78 is 0. The zero-order valence-corrected chi connectivity index (χ0v) is 12.3. The third-order valence-electron chi connectivity index (χ3n) is 4.40. The van der Waals surface area contributed by atoms with Crippen LogP contribution in [-0.2, 0) is 4.79 Å². The van der Waals surface area contributed by atoms with Gasteiger partial charge in [0.05, 0.1) is 6.61 Å². The van der Waals surface area contributed by atoms with Gasteiger partial charge in [0, 0.05) is 19.6 Å². The molecule has 2 amide bonds. The summed E-state index contributed by atoms with van der Waals surface area (Å²) >= 11 is 0. The van der Waals surface area contributed by atoms with Crippen LogP contribution < -0.4 is 5.32 Å². The van der Waals surface area contributed by atoms with Gasteiger partial charge >= 0.3 is 12.0 Å². The number of rotatable bonds is 5. The van der Waals surface area contributed by atoms with Crippen LogP contribution in [0.5, 0.6) is 0 Å². The summed E-state index contributed by atoms with van der Waals surface area (Å²) in [5.74, 6) is -0.588. The standard InChI is InChI=1S/C14H25N3O4/c18-10-12(13(19)20)15-14(21)17-7-3-11(4-8-17)9-16-5-1-2-6-16/h11-12,18H,1-10H2,(H,15,21)(H,19,20). The summed E-state index contributed by atoms with van der Waals surface area (Å²) in [5.41, 5.74) is 0. The van der Waals surface area contributed by atoms with E-state index < -0.39 is 24.6 Å². The van der Waals surface area contributed by atoms with Crippen molar-refractivity contribution in [3.05, 3.63) is 0 Å². The van der Waals surface area contributed by atoms with Crippen LogP contribution in [0.15, 0.2) is 0 Å². The quantitative estimate of drug-likeness (QED) is 0.662. The monoisotopic (exact) mass is 299 g/mol. The Bertz CT molecular complexity index is 363. The van der Waals surface area contributed by atoms with Gasteiger partial charge in [-0.3, -0.25) is 0 Å². The van der Waals surface area contributed by atoms with Gasteiger partial charge < -0.3 is 25.3 Å². The van der Waals surface area contributed by atoms with Crippen LogP contribution in [0.4, 0.5) is 4.79 Å². The molecule has 0 bridgehead atoms. The maximum Gasteiger partial charge on any atom is 0.328 e. The highest BCUT2D eigenvalue weighted by atomic mass is 16.4. The van der Waals surface area contributed by atoms with Gasteiger partial charge in [-0.1, -0.05) is 0 Å². The van der Waals surface area contributed by atoms with Crippen molar-refractivity contribution < 1.29 is 19.8 Å². The van der Waals surface area contributed by atoms with Crippen LogP contribution in [0.25, 0.3) is 0 Å². The summed E-state index contributed by atoms with van der Waals surface area (Å²) in [6.45, 7) is 4.22. The molecule has 0 spiro atoms. The minimum Gasteiger partial charge on any atom is -0.480 e. The van der Waals surface area contributed by atoms with Gasteiger partial charge in [-0.2, -0.15) is 0 Å². The first kappa shape index (κ1) is 16.0. The van der Waals surface area contributed by atoms with Crippen molar-refractivity contribution in [1.82, 2.24) is 15.1 Å². The van der Waals surface area contributed by atoms with Crippen molar-refractivity contribution in [3.63, 3.8) is 0 Å². The molecule has 0 saturated carbocycles. The molecule has 0 aromatic rings. The molecule has 2 rings (SSSR count). The largest absolute Gasteiger partial charge is 0.480 e. The average molecular weight is 299 g/mol. The highest BCUT2D eigenvalue weighted by Crippen LogP contribution is 2.20. The minimum absolute atomic E-state index is 0.393. The number of aliphatic hydroxyl groups excluding tert-OH is 1. The summed E-state index contributed by atoms with van der Waals surface area (Å²) in [6, 6.07) is -1.61. The Labute approximate surface area is 124 Å². The Hall–Kier alpha value is -1.34. The third kappa shape index (κ3) is 4.57. The molecule has 2 heterocycles. The first-order valence-corrected chi connectivity index (χ1v) is 7.71. The van der Waals surface area contributed by atoms with Gasteiger partial charge in [-0.05, 0) is 44.7 Å². The number of carbonyl (C=O) groups is 2. The van der Waals surface area contributed by atoms with Crippen LogP contribution >= 0.6 is 0 Å². The highest BCUT2D eigenvalue weighted by molar-refractivity contribution is 5.82. The highest BCUT2D eigenvalue weighted by Gasteiger charge is 2.27. The summed E-state index contributed by atoms with van der Waals surface area (Å²) in [7, 11) is 0. The van der Waals surface area contributed by atoms with Crippen LogP contribution in [0, 0.1) is 5.92 Å². The minimum atomic E-state index is -1.22. The summed E-state index contributed by atoms with van der Waals surface area (Å²) in [5, 5.41) is 20.1. The van der Waals surface area contributed by atoms with Crippen LogP contribution in [0.1, 0.15) is 25.7 Å². The molecule has 2 fully saturated rings. The normalized spacial score (nSPS) is 22.2. The summed E-state index contributed by atoms with van der Waals surface area (Å²) in [6.07, 6.45) is 4.50. The van der Waals surface area contributed by atoms with E-state index in [1.807, 2.05) is 0 Å². The number of carboxylic acids is 1. The number of carboxylic acid groups (broad SMARTS) is 1. The van der Waals surface area contributed by atoms with Crippen molar-refractivity contribution in [2.24, 2.45) is 5.92 Å². The number of hydrogen-bond acceptors (Lipinski definition) is 4. The van der Waals surface area contributed by atoms with E-state index in [0.717, 1.165) is 19.4 Å². The van der Waals surface area contributed by atoms with Gasteiger partial charge in [0.15, 0.2) is 6.04 Å². The fourth-order valence-corrected chi connectivity index (χ4v) is 3.07. The van der Waals surface area contributed by atoms with E-state index in [1.165, 1.54) is 25.9 Å². The molecule has 21 heavy (non-hydrogen) atoms. The van der Waals surface area contributed by atoms with E-state index in [-0.39, 0.29) is 0 Å². The Morgan fingerprint density at radius 1 is 1.14 bits per heavy atom. The number of carbonyl (C=O) groups excluding carboxylic acids is 1. The van der Waals surface area contributed by atoms with Crippen molar-refractivity contribution in [1.29, 1.82) is 0 Å². The Kier molecular flexibility index (Phi) is 5.81. The van der Waals surface area contributed by atoms with Crippen LogP contribution in [-0.4, -0.2) is 77.4 Å². The third-order valence-corrected chi connectivity index (χ3v) is 4.40. The Morgan fingerprint density at radius 3 is 2.29 bits per heavy atom. The molecule has 1 unspecified atom stereocenters. The number of nitrogens with zero attached hydrogens (tertiary/aromatic N) is 2. The molecule has 2 saturated heterocycles. The Morgan fingerprint density at radius 2 is 1.76 bits per heavy atom. The van der Waals surface area contributed by atoms with Crippen molar-refractivity contribution in [2.45, 2.75) is 31.7 Å². The number of hydrogen-bond donors (Lipinski definition) is 3. The first-order valence-electron chi connectivity index (χ1n) is 7.71. The molecule has 7 heteroatoms. The second kappa shape index (κ2) is 7.61. The number of aliphatic carboxylic acids is 1. The van der Waals surface area contributed by atoms with E-state index in [9.17, 15) is 9.59 Å². The van der Waals surface area contributed by atoms with E-state index in [1.54, 1.807) is 4.90 Å². The number of amides is 2. The topological polar surface area (TPSA) is 93.1 Å². The molecular formula is C14H25N3O4. The first-order chi connectivity index (χ1) is 10.1. The van der Waals surface area contributed by atoms with Gasteiger partial charge in [0.2, 0.25) is 0 Å². The molecule has 7 nitrogen and oxygen atoms in total. The molecule has 120 valence electrons. The molecule has 0 aliphatic carbocycles. The number of likely N-dealkylation sites (tertiary alicyclic amines) is 2. The molecule has 0 aromatic heterocycles. The number of piperidine rings is 1. The lowest BCUT2D eigenvalue weighted by Gasteiger charge is -2.34. The molecule has 3 N–H and O–H groups in total. The number of aliphatic hydroxyl groups is 1. The number of urea groups is 1. The second-order valence-corrected chi connectivity index (χ2v) is 5.96. The molecule has 2 aliphatic heterocycles. The van der Waals surface area contributed by atoms with Gasteiger partial charge in [0.25, 0.3) is 0 Å². The lowest BCUT2D eigenvalue weighted by atomic mass is 9.96.